The zero-order chi connectivity index (χ0) is 14.1. The number of fused-ring (bicyclic) bond motifs is 1. The van der Waals surface area contributed by atoms with Crippen LogP contribution in [0.1, 0.15) is 5.56 Å². The van der Waals surface area contributed by atoms with E-state index in [1.54, 1.807) is 0 Å². The van der Waals surface area contributed by atoms with Crippen molar-refractivity contribution in [3.8, 4) is 11.3 Å². The fraction of sp³-hybridized carbons (Fsp3) is 0.0625. The number of amidine groups is 1. The monoisotopic (exact) mass is 409 g/mol. The number of hydrogen-bond donors (Lipinski definition) is 3. The van der Waals surface area contributed by atoms with Gasteiger partial charge in [-0.3, -0.25) is 5.41 Å². The molecule has 3 aromatic rings. The fourth-order valence-electron chi connectivity index (χ4n) is 2.26. The number of para-hydroxylation sites is 1. The molecule has 3 rings (SSSR count). The summed E-state index contributed by atoms with van der Waals surface area (Å²) in [5.41, 5.74) is 9.99. The van der Waals surface area contributed by atoms with Crippen LogP contribution in [0.15, 0.2) is 53.4 Å². The summed E-state index contributed by atoms with van der Waals surface area (Å²) in [5, 5.41) is 8.77. The van der Waals surface area contributed by atoms with Gasteiger partial charge in [0, 0.05) is 15.8 Å². The van der Waals surface area contributed by atoms with Crippen LogP contribution in [0, 0.1) is 12.3 Å². The highest BCUT2D eigenvalue weighted by Crippen LogP contribution is 2.37. The number of nitrogens with one attached hydrogen (secondary N) is 2. The van der Waals surface area contributed by atoms with Crippen LogP contribution in [0.25, 0.3) is 22.2 Å². The van der Waals surface area contributed by atoms with Crippen LogP contribution in [-0.2, 0) is 0 Å². The molecule has 0 amide bonds. The van der Waals surface area contributed by atoms with Gasteiger partial charge in [-0.15, -0.1) is 24.0 Å². The van der Waals surface area contributed by atoms with Gasteiger partial charge in [-0.2, -0.15) is 0 Å². The van der Waals surface area contributed by atoms with E-state index in [0.717, 1.165) is 27.1 Å². The third-order valence-corrected chi connectivity index (χ3v) is 4.06. The third kappa shape index (κ3) is 3.24. The maximum Gasteiger partial charge on any atom is 0.156 e. The highest BCUT2D eigenvalue weighted by molar-refractivity contribution is 14.0. The first-order valence-electron chi connectivity index (χ1n) is 6.35. The maximum atomic E-state index is 7.57. The van der Waals surface area contributed by atoms with Gasteiger partial charge >= 0.3 is 0 Å². The molecular weight excluding hydrogens is 393 g/mol. The van der Waals surface area contributed by atoms with Crippen LogP contribution in [0.4, 0.5) is 0 Å². The van der Waals surface area contributed by atoms with Crippen molar-refractivity contribution in [2.45, 2.75) is 11.8 Å². The Morgan fingerprint density at radius 3 is 2.43 bits per heavy atom. The topological polar surface area (TPSA) is 65.7 Å². The van der Waals surface area contributed by atoms with Gasteiger partial charge in [-0.05, 0) is 18.6 Å². The number of halogens is 1. The largest absolute Gasteiger partial charge is 0.378 e. The molecule has 21 heavy (non-hydrogen) atoms. The van der Waals surface area contributed by atoms with Gasteiger partial charge in [0.2, 0.25) is 0 Å². The molecule has 0 fully saturated rings. The second-order valence-electron chi connectivity index (χ2n) is 4.71. The molecule has 4 N–H and O–H groups in total. The number of hydrogen-bond acceptors (Lipinski definition) is 2. The molecular formula is C16H16IN3S. The maximum absolute atomic E-state index is 7.57. The molecule has 0 spiro atoms. The van der Waals surface area contributed by atoms with E-state index >= 15 is 0 Å². The summed E-state index contributed by atoms with van der Waals surface area (Å²) in [6.45, 7) is 2.07. The van der Waals surface area contributed by atoms with Gasteiger partial charge in [-0.1, -0.05) is 59.8 Å². The molecule has 0 saturated carbocycles. The van der Waals surface area contributed by atoms with Crippen molar-refractivity contribution >= 4 is 51.8 Å². The summed E-state index contributed by atoms with van der Waals surface area (Å²) in [4.78, 5) is 4.44. The molecule has 1 aromatic heterocycles. The van der Waals surface area contributed by atoms with E-state index < -0.39 is 0 Å². The van der Waals surface area contributed by atoms with Gasteiger partial charge in [0.05, 0.1) is 5.69 Å². The molecule has 0 radical (unpaired) electrons. The Morgan fingerprint density at radius 1 is 1.10 bits per heavy atom. The predicted molar refractivity (Wildman–Crippen MR) is 102 cm³/mol. The van der Waals surface area contributed by atoms with Crippen molar-refractivity contribution < 1.29 is 0 Å². The Labute approximate surface area is 144 Å². The van der Waals surface area contributed by atoms with E-state index in [0.29, 0.717) is 0 Å². The molecule has 0 aliphatic heterocycles. The summed E-state index contributed by atoms with van der Waals surface area (Å²) in [6.07, 6.45) is 0. The average molecular weight is 409 g/mol. The first kappa shape index (κ1) is 15.9. The van der Waals surface area contributed by atoms with Crippen LogP contribution in [0.5, 0.6) is 0 Å². The van der Waals surface area contributed by atoms with Gasteiger partial charge in [0.1, 0.15) is 0 Å². The fourth-order valence-corrected chi connectivity index (χ4v) is 3.03. The van der Waals surface area contributed by atoms with E-state index in [2.05, 4.69) is 42.2 Å². The SMILES string of the molecule is Cc1ccc(-c2[nH]c3ccccc3c2SC(=N)N)cc1.I. The van der Waals surface area contributed by atoms with Crippen molar-refractivity contribution in [3.05, 3.63) is 54.1 Å². The Bertz CT molecular complexity index is 778. The quantitative estimate of drug-likeness (QED) is 0.248. The number of aromatic amines is 1. The Morgan fingerprint density at radius 2 is 1.76 bits per heavy atom. The second kappa shape index (κ2) is 6.53. The third-order valence-electron chi connectivity index (χ3n) is 3.21. The predicted octanol–water partition coefficient (Wildman–Crippen LogP) is 4.75. The molecule has 0 aliphatic carbocycles. The van der Waals surface area contributed by atoms with Crippen LogP contribution in [0.2, 0.25) is 0 Å². The Balaban J connectivity index is 0.00000161. The van der Waals surface area contributed by atoms with E-state index in [1.165, 1.54) is 17.3 Å². The number of H-pyrrole nitrogens is 1. The number of benzene rings is 2. The molecule has 0 aliphatic rings. The summed E-state index contributed by atoms with van der Waals surface area (Å²) in [6, 6.07) is 16.4. The molecule has 2 aromatic carbocycles. The first-order valence-corrected chi connectivity index (χ1v) is 7.16. The number of aromatic nitrogens is 1. The van der Waals surface area contributed by atoms with Crippen LogP contribution < -0.4 is 5.73 Å². The summed E-state index contributed by atoms with van der Waals surface area (Å²) < 4.78 is 0. The lowest BCUT2D eigenvalue weighted by molar-refractivity contribution is 1.38. The lowest BCUT2D eigenvalue weighted by atomic mass is 10.1. The van der Waals surface area contributed by atoms with Gasteiger partial charge in [0.25, 0.3) is 0 Å². The average Bonchev–Trinajstić information content (AvgIpc) is 2.78. The lowest BCUT2D eigenvalue weighted by Crippen LogP contribution is -2.03. The molecule has 108 valence electrons. The molecule has 3 nitrogen and oxygen atoms in total. The zero-order valence-electron chi connectivity index (χ0n) is 11.5. The number of nitrogens with two attached hydrogens (primary N) is 1. The van der Waals surface area contributed by atoms with E-state index in [-0.39, 0.29) is 29.1 Å². The number of rotatable bonds is 2. The van der Waals surface area contributed by atoms with Crippen molar-refractivity contribution in [2.75, 3.05) is 0 Å². The summed E-state index contributed by atoms with van der Waals surface area (Å²) in [5.74, 6) is 0. The van der Waals surface area contributed by atoms with Crippen molar-refractivity contribution in [1.29, 1.82) is 5.41 Å². The van der Waals surface area contributed by atoms with Crippen molar-refractivity contribution in [2.24, 2.45) is 5.73 Å². The Hall–Kier alpha value is -1.47. The molecule has 0 bridgehead atoms. The van der Waals surface area contributed by atoms with E-state index in [9.17, 15) is 0 Å². The molecule has 1 heterocycles. The standard InChI is InChI=1S/C16H15N3S.HI/c1-10-6-8-11(9-7-10)14-15(20-16(17)18)12-4-2-3-5-13(12)19-14;/h2-9,19H,1H3,(H3,17,18);1H. The van der Waals surface area contributed by atoms with E-state index in [1.807, 2.05) is 18.2 Å². The first-order chi connectivity index (χ1) is 9.65. The normalized spacial score (nSPS) is 10.3. The lowest BCUT2D eigenvalue weighted by Gasteiger charge is -2.04. The second-order valence-corrected chi connectivity index (χ2v) is 5.76. The highest BCUT2D eigenvalue weighted by atomic mass is 127. The number of thioether (sulfide) groups is 1. The molecule has 0 unspecified atom stereocenters. The minimum Gasteiger partial charge on any atom is -0.378 e. The van der Waals surface area contributed by atoms with Crippen molar-refractivity contribution in [3.63, 3.8) is 0 Å². The van der Waals surface area contributed by atoms with Gasteiger partial charge in [0.15, 0.2) is 5.17 Å². The van der Waals surface area contributed by atoms with E-state index in [4.69, 9.17) is 11.1 Å². The van der Waals surface area contributed by atoms with Crippen LogP contribution in [0.3, 0.4) is 0 Å². The van der Waals surface area contributed by atoms with Crippen LogP contribution in [-0.4, -0.2) is 10.2 Å². The minimum atomic E-state index is 0. The highest BCUT2D eigenvalue weighted by Gasteiger charge is 2.14. The smallest absolute Gasteiger partial charge is 0.156 e. The minimum absolute atomic E-state index is 0. The summed E-state index contributed by atoms with van der Waals surface area (Å²) >= 11 is 1.29. The Kier molecular flexibility index (Phi) is 4.95. The summed E-state index contributed by atoms with van der Waals surface area (Å²) in [7, 11) is 0. The molecule has 5 heteroatoms. The molecule has 0 atom stereocenters. The zero-order valence-corrected chi connectivity index (χ0v) is 14.7. The van der Waals surface area contributed by atoms with Gasteiger partial charge in [-0.25, -0.2) is 0 Å². The van der Waals surface area contributed by atoms with Gasteiger partial charge < -0.3 is 10.7 Å². The molecule has 0 saturated heterocycles. The van der Waals surface area contributed by atoms with Crippen molar-refractivity contribution in [1.82, 2.24) is 4.98 Å². The number of aryl methyl sites for hydroxylation is 1. The van der Waals surface area contributed by atoms with Crippen LogP contribution >= 0.6 is 35.7 Å².